The average molecular weight is 286 g/mol. The van der Waals surface area contributed by atoms with Gasteiger partial charge in [-0.25, -0.2) is 4.98 Å². The predicted octanol–water partition coefficient (Wildman–Crippen LogP) is 3.73. The first kappa shape index (κ1) is 15.3. The van der Waals surface area contributed by atoms with Gasteiger partial charge in [0.25, 0.3) is 5.91 Å². The number of hydrogen-bond donors (Lipinski definition) is 1. The maximum atomic E-state index is 12.4. The highest BCUT2D eigenvalue weighted by Crippen LogP contribution is 2.22. The van der Waals surface area contributed by atoms with E-state index < -0.39 is 0 Å². The van der Waals surface area contributed by atoms with Gasteiger partial charge in [-0.15, -0.1) is 0 Å². The van der Waals surface area contributed by atoms with E-state index >= 15 is 0 Å². The molecular formula is C17H22N2O2. The van der Waals surface area contributed by atoms with Gasteiger partial charge in [-0.3, -0.25) is 4.79 Å². The molecule has 0 spiro atoms. The van der Waals surface area contributed by atoms with Crippen LogP contribution in [0.1, 0.15) is 59.2 Å². The lowest BCUT2D eigenvalue weighted by molar-refractivity contribution is 0.0906. The second-order valence-electron chi connectivity index (χ2n) is 5.28. The number of carbonyl (C=O) groups is 1. The van der Waals surface area contributed by atoms with E-state index in [1.54, 1.807) is 0 Å². The Morgan fingerprint density at radius 2 is 2.10 bits per heavy atom. The first-order valence-electron chi connectivity index (χ1n) is 7.37. The van der Waals surface area contributed by atoms with Gasteiger partial charge in [-0.2, -0.15) is 0 Å². The third kappa shape index (κ3) is 3.32. The standard InChI is InChI=1S/C17H22N2O2/c1-5-14(13-9-11(3)7-8-12(13)4)19-17(20)16-15(6-2)18-10-21-16/h7-10,14H,5-6H2,1-4H3,(H,19,20). The molecule has 1 heterocycles. The van der Waals surface area contributed by atoms with Crippen molar-refractivity contribution in [2.75, 3.05) is 0 Å². The summed E-state index contributed by atoms with van der Waals surface area (Å²) in [6.45, 7) is 8.14. The molecule has 2 rings (SSSR count). The van der Waals surface area contributed by atoms with Crippen molar-refractivity contribution in [1.82, 2.24) is 10.3 Å². The Bertz CT molecular complexity index is 631. The van der Waals surface area contributed by atoms with Gasteiger partial charge in [0.1, 0.15) is 0 Å². The smallest absolute Gasteiger partial charge is 0.289 e. The van der Waals surface area contributed by atoms with Crippen LogP contribution in [-0.2, 0) is 6.42 Å². The second kappa shape index (κ2) is 6.57. The number of nitrogens with zero attached hydrogens (tertiary/aromatic N) is 1. The summed E-state index contributed by atoms with van der Waals surface area (Å²) >= 11 is 0. The minimum atomic E-state index is -0.197. The molecule has 21 heavy (non-hydrogen) atoms. The van der Waals surface area contributed by atoms with Crippen molar-refractivity contribution in [2.24, 2.45) is 0 Å². The summed E-state index contributed by atoms with van der Waals surface area (Å²) in [5.41, 5.74) is 4.23. The minimum absolute atomic E-state index is 0.0211. The fraction of sp³-hybridized carbons (Fsp3) is 0.412. The summed E-state index contributed by atoms with van der Waals surface area (Å²) in [4.78, 5) is 16.4. The monoisotopic (exact) mass is 286 g/mol. The molecule has 1 aromatic carbocycles. The molecule has 4 heteroatoms. The average Bonchev–Trinajstić information content (AvgIpc) is 2.96. The van der Waals surface area contributed by atoms with E-state index in [0.29, 0.717) is 17.9 Å². The van der Waals surface area contributed by atoms with Crippen LogP contribution in [0.5, 0.6) is 0 Å². The lowest BCUT2D eigenvalue weighted by Crippen LogP contribution is -2.29. The highest BCUT2D eigenvalue weighted by molar-refractivity contribution is 5.92. The SMILES string of the molecule is CCc1ncoc1C(=O)NC(CC)c1cc(C)ccc1C. The fourth-order valence-electron chi connectivity index (χ4n) is 2.46. The van der Waals surface area contributed by atoms with Gasteiger partial charge >= 0.3 is 0 Å². The van der Waals surface area contributed by atoms with Crippen LogP contribution in [0.3, 0.4) is 0 Å². The van der Waals surface area contributed by atoms with Crippen LogP contribution in [0.25, 0.3) is 0 Å². The van der Waals surface area contributed by atoms with E-state index in [9.17, 15) is 4.79 Å². The number of rotatable bonds is 5. The number of benzene rings is 1. The van der Waals surface area contributed by atoms with Gasteiger partial charge in [0.05, 0.1) is 11.7 Å². The van der Waals surface area contributed by atoms with Crippen LogP contribution in [0, 0.1) is 13.8 Å². The number of hydrogen-bond acceptors (Lipinski definition) is 3. The Balaban J connectivity index is 2.23. The van der Waals surface area contributed by atoms with Crippen molar-refractivity contribution < 1.29 is 9.21 Å². The third-order valence-corrected chi connectivity index (χ3v) is 3.71. The molecule has 1 unspecified atom stereocenters. The van der Waals surface area contributed by atoms with E-state index in [0.717, 1.165) is 12.0 Å². The molecule has 1 amide bonds. The molecule has 0 aliphatic carbocycles. The highest BCUT2D eigenvalue weighted by atomic mass is 16.3. The van der Waals surface area contributed by atoms with Crippen LogP contribution in [0.15, 0.2) is 29.0 Å². The molecule has 1 aromatic heterocycles. The minimum Gasteiger partial charge on any atom is -0.438 e. The summed E-state index contributed by atoms with van der Waals surface area (Å²) < 4.78 is 5.23. The first-order chi connectivity index (χ1) is 10.1. The molecule has 1 atom stereocenters. The summed E-state index contributed by atoms with van der Waals surface area (Å²) in [5, 5.41) is 3.06. The predicted molar refractivity (Wildman–Crippen MR) is 82.3 cm³/mol. The van der Waals surface area contributed by atoms with Crippen molar-refractivity contribution in [1.29, 1.82) is 0 Å². The topological polar surface area (TPSA) is 55.1 Å². The van der Waals surface area contributed by atoms with Crippen LogP contribution < -0.4 is 5.32 Å². The lowest BCUT2D eigenvalue weighted by Gasteiger charge is -2.19. The summed E-state index contributed by atoms with van der Waals surface area (Å²) in [7, 11) is 0. The normalized spacial score (nSPS) is 12.2. The van der Waals surface area contributed by atoms with Crippen LogP contribution >= 0.6 is 0 Å². The van der Waals surface area contributed by atoms with Crippen molar-refractivity contribution >= 4 is 5.91 Å². The molecule has 4 nitrogen and oxygen atoms in total. The van der Waals surface area contributed by atoms with Gasteiger partial charge in [-0.05, 0) is 37.8 Å². The maximum absolute atomic E-state index is 12.4. The van der Waals surface area contributed by atoms with E-state index in [-0.39, 0.29) is 11.9 Å². The Morgan fingerprint density at radius 1 is 1.33 bits per heavy atom. The molecule has 0 radical (unpaired) electrons. The lowest BCUT2D eigenvalue weighted by atomic mass is 9.97. The molecule has 0 saturated carbocycles. The van der Waals surface area contributed by atoms with Crippen molar-refractivity contribution in [3.8, 4) is 0 Å². The first-order valence-corrected chi connectivity index (χ1v) is 7.37. The molecule has 0 fully saturated rings. The Labute approximate surface area is 125 Å². The van der Waals surface area contributed by atoms with Crippen LogP contribution in [0.4, 0.5) is 0 Å². The van der Waals surface area contributed by atoms with Crippen molar-refractivity contribution in [3.63, 3.8) is 0 Å². The molecule has 0 aliphatic rings. The number of amides is 1. The van der Waals surface area contributed by atoms with Crippen molar-refractivity contribution in [2.45, 2.75) is 46.6 Å². The molecule has 1 N–H and O–H groups in total. The highest BCUT2D eigenvalue weighted by Gasteiger charge is 2.20. The number of oxazole rings is 1. The summed E-state index contributed by atoms with van der Waals surface area (Å²) in [6.07, 6.45) is 2.83. The fourth-order valence-corrected chi connectivity index (χ4v) is 2.46. The summed E-state index contributed by atoms with van der Waals surface area (Å²) in [5.74, 6) is 0.123. The zero-order valence-corrected chi connectivity index (χ0v) is 13.1. The van der Waals surface area contributed by atoms with Gasteiger partial charge in [-0.1, -0.05) is 37.6 Å². The Hall–Kier alpha value is -2.10. The molecule has 0 saturated heterocycles. The van der Waals surface area contributed by atoms with Gasteiger partial charge < -0.3 is 9.73 Å². The zero-order chi connectivity index (χ0) is 15.4. The number of nitrogens with one attached hydrogen (secondary N) is 1. The molecular weight excluding hydrogens is 264 g/mol. The van der Waals surface area contributed by atoms with Crippen molar-refractivity contribution in [3.05, 3.63) is 52.7 Å². The quantitative estimate of drug-likeness (QED) is 0.911. The molecule has 2 aromatic rings. The molecule has 0 aliphatic heterocycles. The Morgan fingerprint density at radius 3 is 2.76 bits per heavy atom. The van der Waals surface area contributed by atoms with E-state index in [4.69, 9.17) is 4.42 Å². The molecule has 112 valence electrons. The van der Waals surface area contributed by atoms with Gasteiger partial charge in [0.15, 0.2) is 6.39 Å². The molecule has 0 bridgehead atoms. The third-order valence-electron chi connectivity index (χ3n) is 3.71. The van der Waals surface area contributed by atoms with Gasteiger partial charge in [0.2, 0.25) is 5.76 Å². The maximum Gasteiger partial charge on any atom is 0.289 e. The van der Waals surface area contributed by atoms with Gasteiger partial charge in [0, 0.05) is 0 Å². The van der Waals surface area contributed by atoms with E-state index in [1.807, 2.05) is 6.92 Å². The second-order valence-corrected chi connectivity index (χ2v) is 5.28. The van der Waals surface area contributed by atoms with E-state index in [1.165, 1.54) is 17.5 Å². The summed E-state index contributed by atoms with van der Waals surface area (Å²) in [6, 6.07) is 6.28. The number of aryl methyl sites for hydroxylation is 3. The van der Waals surface area contributed by atoms with E-state index in [2.05, 4.69) is 49.3 Å². The largest absolute Gasteiger partial charge is 0.438 e. The Kier molecular flexibility index (Phi) is 4.78. The van der Waals surface area contributed by atoms with Crippen LogP contribution in [-0.4, -0.2) is 10.9 Å². The van der Waals surface area contributed by atoms with Crippen LogP contribution in [0.2, 0.25) is 0 Å². The number of aromatic nitrogens is 1. The zero-order valence-electron chi connectivity index (χ0n) is 13.1. The number of carbonyl (C=O) groups excluding carboxylic acids is 1.